The first-order valence-corrected chi connectivity index (χ1v) is 6.15. The largest absolute Gasteiger partial charge is 0.414 e. The first-order chi connectivity index (χ1) is 8.34. The minimum atomic E-state index is -1.31. The first kappa shape index (κ1) is 14.6. The van der Waals surface area contributed by atoms with E-state index in [1.54, 1.807) is 0 Å². The molecule has 0 aliphatic heterocycles. The molecule has 3 N–H and O–H groups in total. The Kier molecular flexibility index (Phi) is 4.83. The molecule has 0 aromatic carbocycles. The number of ether oxygens (including phenoxy) is 1. The molecule has 18 heavy (non-hydrogen) atoms. The zero-order valence-corrected chi connectivity index (χ0v) is 11.0. The van der Waals surface area contributed by atoms with Crippen LogP contribution in [0, 0.1) is 0 Å². The number of nitrogens with zero attached hydrogens (tertiary/aromatic N) is 1. The van der Waals surface area contributed by atoms with Crippen molar-refractivity contribution in [1.82, 2.24) is 10.3 Å². The summed E-state index contributed by atoms with van der Waals surface area (Å²) in [5.41, 5.74) is -1.05. The molecular formula is C11H16N2O4S. The van der Waals surface area contributed by atoms with Gasteiger partial charge in [0, 0.05) is 11.9 Å². The van der Waals surface area contributed by atoms with Gasteiger partial charge < -0.3 is 20.3 Å². The van der Waals surface area contributed by atoms with Crippen LogP contribution in [-0.4, -0.2) is 33.4 Å². The maximum absolute atomic E-state index is 11.2. The summed E-state index contributed by atoms with van der Waals surface area (Å²) in [5.74, 6) is 0. The SMILES string of the molecule is C=CCNC(=O)Oc1nc(C(O)C(C)(C)O)cs1. The van der Waals surface area contributed by atoms with E-state index >= 15 is 0 Å². The first-order valence-electron chi connectivity index (χ1n) is 5.27. The Morgan fingerprint density at radius 3 is 3.00 bits per heavy atom. The van der Waals surface area contributed by atoms with E-state index in [0.29, 0.717) is 6.54 Å². The van der Waals surface area contributed by atoms with Gasteiger partial charge in [0.2, 0.25) is 0 Å². The summed E-state index contributed by atoms with van der Waals surface area (Å²) < 4.78 is 4.88. The van der Waals surface area contributed by atoms with E-state index < -0.39 is 17.8 Å². The molecule has 1 atom stereocenters. The highest BCUT2D eigenvalue weighted by Gasteiger charge is 2.28. The van der Waals surface area contributed by atoms with E-state index in [4.69, 9.17) is 4.74 Å². The van der Waals surface area contributed by atoms with Crippen LogP contribution in [0.15, 0.2) is 18.0 Å². The summed E-state index contributed by atoms with van der Waals surface area (Å²) in [5, 5.41) is 23.5. The Labute approximate surface area is 109 Å². The molecule has 0 aliphatic rings. The molecule has 1 aromatic heterocycles. The predicted molar refractivity (Wildman–Crippen MR) is 67.6 cm³/mol. The maximum Gasteiger partial charge on any atom is 0.414 e. The number of hydrogen-bond acceptors (Lipinski definition) is 6. The lowest BCUT2D eigenvalue weighted by atomic mass is 10.0. The zero-order valence-electron chi connectivity index (χ0n) is 10.2. The van der Waals surface area contributed by atoms with Crippen molar-refractivity contribution in [1.29, 1.82) is 0 Å². The van der Waals surface area contributed by atoms with Crippen LogP contribution in [0.5, 0.6) is 5.19 Å². The van der Waals surface area contributed by atoms with Crippen LogP contribution in [0.2, 0.25) is 0 Å². The van der Waals surface area contributed by atoms with Gasteiger partial charge in [-0.1, -0.05) is 17.4 Å². The molecule has 0 fully saturated rings. The standard InChI is InChI=1S/C11H16N2O4S/c1-4-5-12-9(15)17-10-13-7(6-18-10)8(14)11(2,3)16/h4,6,8,14,16H,1,5H2,2-3H3,(H,12,15). The number of carbonyl (C=O) groups excluding carboxylic acids is 1. The van der Waals surface area contributed by atoms with E-state index in [0.717, 1.165) is 11.3 Å². The van der Waals surface area contributed by atoms with Crippen LogP contribution in [0.3, 0.4) is 0 Å². The van der Waals surface area contributed by atoms with Crippen LogP contribution in [0.4, 0.5) is 4.79 Å². The number of amides is 1. The lowest BCUT2D eigenvalue weighted by Gasteiger charge is -2.22. The second-order valence-electron chi connectivity index (χ2n) is 4.15. The highest BCUT2D eigenvalue weighted by atomic mass is 32.1. The van der Waals surface area contributed by atoms with Crippen molar-refractivity contribution in [3.63, 3.8) is 0 Å². The van der Waals surface area contributed by atoms with Gasteiger partial charge in [0.1, 0.15) is 6.10 Å². The maximum atomic E-state index is 11.2. The monoisotopic (exact) mass is 272 g/mol. The van der Waals surface area contributed by atoms with Crippen molar-refractivity contribution < 1.29 is 19.7 Å². The van der Waals surface area contributed by atoms with E-state index in [-0.39, 0.29) is 10.9 Å². The van der Waals surface area contributed by atoms with Gasteiger partial charge in [-0.05, 0) is 13.8 Å². The summed E-state index contributed by atoms with van der Waals surface area (Å²) >= 11 is 1.06. The molecule has 7 heteroatoms. The van der Waals surface area contributed by atoms with Crippen molar-refractivity contribution >= 4 is 17.4 Å². The van der Waals surface area contributed by atoms with Gasteiger partial charge in [-0.25, -0.2) is 9.78 Å². The summed E-state index contributed by atoms with van der Waals surface area (Å²) in [6.07, 6.45) is -0.261. The zero-order chi connectivity index (χ0) is 13.8. The molecule has 0 saturated carbocycles. The number of hydrogen-bond donors (Lipinski definition) is 3. The Balaban J connectivity index is 2.64. The number of nitrogens with one attached hydrogen (secondary N) is 1. The van der Waals surface area contributed by atoms with Gasteiger partial charge in [0.05, 0.1) is 11.3 Å². The van der Waals surface area contributed by atoms with Crippen LogP contribution < -0.4 is 10.1 Å². The van der Waals surface area contributed by atoms with Crippen molar-refractivity contribution in [3.05, 3.63) is 23.7 Å². The third-order valence-electron chi connectivity index (χ3n) is 2.02. The summed E-state index contributed by atoms with van der Waals surface area (Å²) in [6.45, 7) is 6.68. The number of aliphatic hydroxyl groups is 2. The van der Waals surface area contributed by atoms with Gasteiger partial charge >= 0.3 is 6.09 Å². The summed E-state index contributed by atoms with van der Waals surface area (Å²) in [4.78, 5) is 15.1. The van der Waals surface area contributed by atoms with Gasteiger partial charge in [-0.2, -0.15) is 0 Å². The number of aromatic nitrogens is 1. The molecule has 1 unspecified atom stereocenters. The molecule has 0 aliphatic carbocycles. The molecule has 1 heterocycles. The van der Waals surface area contributed by atoms with Crippen LogP contribution in [0.1, 0.15) is 25.6 Å². The Bertz CT molecular complexity index is 425. The molecule has 1 aromatic rings. The van der Waals surface area contributed by atoms with Crippen molar-refractivity contribution in [2.75, 3.05) is 6.54 Å². The van der Waals surface area contributed by atoms with E-state index in [9.17, 15) is 15.0 Å². The minimum absolute atomic E-state index is 0.106. The summed E-state index contributed by atoms with van der Waals surface area (Å²) in [6, 6.07) is 0. The molecule has 0 spiro atoms. The van der Waals surface area contributed by atoms with Gasteiger partial charge in [-0.3, -0.25) is 0 Å². The average Bonchev–Trinajstić information content (AvgIpc) is 2.72. The minimum Gasteiger partial charge on any atom is -0.387 e. The van der Waals surface area contributed by atoms with E-state index in [1.165, 1.54) is 25.3 Å². The molecule has 6 nitrogen and oxygen atoms in total. The van der Waals surface area contributed by atoms with Gasteiger partial charge in [-0.15, -0.1) is 6.58 Å². The Morgan fingerprint density at radius 1 is 1.78 bits per heavy atom. The van der Waals surface area contributed by atoms with Crippen LogP contribution in [-0.2, 0) is 0 Å². The van der Waals surface area contributed by atoms with Gasteiger partial charge in [0.15, 0.2) is 0 Å². The topological polar surface area (TPSA) is 91.7 Å². The fourth-order valence-electron chi connectivity index (χ4n) is 1.07. The van der Waals surface area contributed by atoms with Crippen molar-refractivity contribution in [2.45, 2.75) is 25.6 Å². The fourth-order valence-corrected chi connectivity index (χ4v) is 1.76. The smallest absolute Gasteiger partial charge is 0.387 e. The van der Waals surface area contributed by atoms with E-state index in [1.807, 2.05) is 0 Å². The average molecular weight is 272 g/mol. The molecule has 0 saturated heterocycles. The molecule has 0 radical (unpaired) electrons. The second kappa shape index (κ2) is 5.94. The molecule has 100 valence electrons. The molecule has 1 amide bonds. The van der Waals surface area contributed by atoms with Crippen molar-refractivity contribution in [3.8, 4) is 5.19 Å². The number of rotatable bonds is 5. The molecule has 0 bridgehead atoms. The Hall–Kier alpha value is -1.44. The van der Waals surface area contributed by atoms with Crippen molar-refractivity contribution in [2.24, 2.45) is 0 Å². The quantitative estimate of drug-likeness (QED) is 0.701. The second-order valence-corrected chi connectivity index (χ2v) is 4.97. The van der Waals surface area contributed by atoms with Gasteiger partial charge in [0.25, 0.3) is 5.19 Å². The fraction of sp³-hybridized carbons (Fsp3) is 0.455. The Morgan fingerprint density at radius 2 is 2.44 bits per heavy atom. The normalized spacial score (nSPS) is 12.9. The molecule has 1 rings (SSSR count). The van der Waals surface area contributed by atoms with Crippen LogP contribution >= 0.6 is 11.3 Å². The lowest BCUT2D eigenvalue weighted by molar-refractivity contribution is -0.0515. The van der Waals surface area contributed by atoms with E-state index in [2.05, 4.69) is 16.9 Å². The highest BCUT2D eigenvalue weighted by Crippen LogP contribution is 2.29. The third kappa shape index (κ3) is 4.10. The highest BCUT2D eigenvalue weighted by molar-refractivity contribution is 7.11. The molecular weight excluding hydrogens is 256 g/mol. The number of thiazole rings is 1. The third-order valence-corrected chi connectivity index (χ3v) is 2.76. The predicted octanol–water partition coefficient (Wildman–Crippen LogP) is 1.22. The summed E-state index contributed by atoms with van der Waals surface area (Å²) in [7, 11) is 0. The lowest BCUT2D eigenvalue weighted by Crippen LogP contribution is -2.29. The number of aliphatic hydroxyl groups excluding tert-OH is 1. The number of carbonyl (C=O) groups is 1. The van der Waals surface area contributed by atoms with Crippen LogP contribution in [0.25, 0.3) is 0 Å².